The summed E-state index contributed by atoms with van der Waals surface area (Å²) in [4.78, 5) is 12.2. The fourth-order valence-corrected chi connectivity index (χ4v) is 2.31. The highest BCUT2D eigenvalue weighted by Gasteiger charge is 2.32. The summed E-state index contributed by atoms with van der Waals surface area (Å²) < 4.78 is 10.8. The van der Waals surface area contributed by atoms with E-state index < -0.39 is 5.41 Å². The Morgan fingerprint density at radius 3 is 2.95 bits per heavy atom. The molecule has 1 unspecified atom stereocenters. The summed E-state index contributed by atoms with van der Waals surface area (Å²) in [5, 5.41) is 0.623. The summed E-state index contributed by atoms with van der Waals surface area (Å²) in [5.74, 6) is -0.245. The van der Waals surface area contributed by atoms with Gasteiger partial charge in [-0.1, -0.05) is 23.7 Å². The maximum absolute atomic E-state index is 12.2. The van der Waals surface area contributed by atoms with Crippen molar-refractivity contribution in [2.75, 3.05) is 13.2 Å². The van der Waals surface area contributed by atoms with E-state index in [4.69, 9.17) is 21.1 Å². The van der Waals surface area contributed by atoms with Gasteiger partial charge in [-0.3, -0.25) is 4.79 Å². The minimum absolute atomic E-state index is 0.0547. The van der Waals surface area contributed by atoms with E-state index >= 15 is 0 Å². The predicted molar refractivity (Wildman–Crippen MR) is 74.4 cm³/mol. The minimum atomic E-state index is -0.705. The third-order valence-electron chi connectivity index (χ3n) is 3.48. The van der Waals surface area contributed by atoms with Gasteiger partial charge in [0.25, 0.3) is 0 Å². The first kappa shape index (κ1) is 14.4. The fraction of sp³-hybridized carbons (Fsp3) is 0.533. The van der Waals surface area contributed by atoms with Crippen molar-refractivity contribution < 1.29 is 14.3 Å². The van der Waals surface area contributed by atoms with Gasteiger partial charge in [0.05, 0.1) is 11.5 Å². The Morgan fingerprint density at radius 1 is 1.53 bits per heavy atom. The molecule has 19 heavy (non-hydrogen) atoms. The van der Waals surface area contributed by atoms with Crippen molar-refractivity contribution in [3.8, 4) is 0 Å². The molecule has 0 spiro atoms. The van der Waals surface area contributed by atoms with Crippen LogP contribution in [0.3, 0.4) is 0 Å². The lowest BCUT2D eigenvalue weighted by molar-refractivity contribution is -0.152. The second-order valence-electron chi connectivity index (χ2n) is 5.37. The van der Waals surface area contributed by atoms with Crippen molar-refractivity contribution >= 4 is 17.6 Å². The summed E-state index contributed by atoms with van der Waals surface area (Å²) in [6, 6.07) is 7.32. The summed E-state index contributed by atoms with van der Waals surface area (Å²) in [6.45, 7) is 4.79. The van der Waals surface area contributed by atoms with Crippen LogP contribution >= 0.6 is 11.6 Å². The molecular formula is C15H19ClO3. The zero-order valence-electron chi connectivity index (χ0n) is 11.3. The van der Waals surface area contributed by atoms with Gasteiger partial charge in [0, 0.05) is 11.6 Å². The van der Waals surface area contributed by atoms with Crippen molar-refractivity contribution in [1.29, 1.82) is 0 Å². The fourth-order valence-electron chi connectivity index (χ4n) is 2.12. The lowest BCUT2D eigenvalue weighted by atomic mass is 9.85. The van der Waals surface area contributed by atoms with Crippen LogP contribution in [0.15, 0.2) is 24.3 Å². The quantitative estimate of drug-likeness (QED) is 0.795. The standard InChI is InChI=1S/C15H19ClO3/c1-15(2,11-5-3-6-12(16)9-11)14(17)19-10-13-7-4-8-18-13/h3,5-6,9,13H,4,7-8,10H2,1-2H3. The summed E-state index contributed by atoms with van der Waals surface area (Å²) >= 11 is 5.96. The molecular weight excluding hydrogens is 264 g/mol. The van der Waals surface area contributed by atoms with Gasteiger partial charge in [0.15, 0.2) is 0 Å². The van der Waals surface area contributed by atoms with Crippen molar-refractivity contribution in [2.45, 2.75) is 38.2 Å². The molecule has 1 aliphatic heterocycles. The Balaban J connectivity index is 1.99. The molecule has 2 rings (SSSR count). The minimum Gasteiger partial charge on any atom is -0.462 e. The Hall–Kier alpha value is -1.06. The molecule has 1 aromatic carbocycles. The van der Waals surface area contributed by atoms with Gasteiger partial charge in [-0.15, -0.1) is 0 Å². The molecule has 1 aliphatic rings. The molecule has 4 heteroatoms. The van der Waals surface area contributed by atoms with E-state index in [1.807, 2.05) is 26.0 Å². The number of halogens is 1. The molecule has 0 N–H and O–H groups in total. The Kier molecular flexibility index (Phi) is 4.48. The number of esters is 1. The van der Waals surface area contributed by atoms with Gasteiger partial charge < -0.3 is 9.47 Å². The molecule has 0 saturated carbocycles. The van der Waals surface area contributed by atoms with Crippen LogP contribution < -0.4 is 0 Å². The van der Waals surface area contributed by atoms with Gasteiger partial charge in [-0.25, -0.2) is 0 Å². The average Bonchev–Trinajstić information content (AvgIpc) is 2.89. The van der Waals surface area contributed by atoms with Crippen molar-refractivity contribution in [2.24, 2.45) is 0 Å². The third-order valence-corrected chi connectivity index (χ3v) is 3.72. The molecule has 0 radical (unpaired) electrons. The summed E-state index contributed by atoms with van der Waals surface area (Å²) in [7, 11) is 0. The van der Waals surface area contributed by atoms with Crippen molar-refractivity contribution in [3.63, 3.8) is 0 Å². The summed E-state index contributed by atoms with van der Waals surface area (Å²) in [5.41, 5.74) is 0.154. The molecule has 1 heterocycles. The molecule has 104 valence electrons. The molecule has 1 fully saturated rings. The first-order valence-electron chi connectivity index (χ1n) is 6.55. The SMILES string of the molecule is CC(C)(C(=O)OCC1CCCO1)c1cccc(Cl)c1. The van der Waals surface area contributed by atoms with E-state index in [1.165, 1.54) is 0 Å². The van der Waals surface area contributed by atoms with E-state index in [9.17, 15) is 4.79 Å². The first-order valence-corrected chi connectivity index (χ1v) is 6.93. The largest absolute Gasteiger partial charge is 0.462 e. The van der Waals surface area contributed by atoms with Crippen LogP contribution in [0.4, 0.5) is 0 Å². The Morgan fingerprint density at radius 2 is 2.32 bits per heavy atom. The molecule has 1 saturated heterocycles. The maximum Gasteiger partial charge on any atom is 0.316 e. The van der Waals surface area contributed by atoms with Gasteiger partial charge in [-0.05, 0) is 44.4 Å². The highest BCUT2D eigenvalue weighted by atomic mass is 35.5. The van der Waals surface area contributed by atoms with Gasteiger partial charge >= 0.3 is 5.97 Å². The number of ether oxygens (including phenoxy) is 2. The number of carbonyl (C=O) groups excluding carboxylic acids is 1. The molecule has 0 aromatic heterocycles. The average molecular weight is 283 g/mol. The number of rotatable bonds is 4. The second-order valence-corrected chi connectivity index (χ2v) is 5.81. The van der Waals surface area contributed by atoms with Gasteiger partial charge in [0.2, 0.25) is 0 Å². The monoisotopic (exact) mass is 282 g/mol. The zero-order valence-corrected chi connectivity index (χ0v) is 12.1. The second kappa shape index (κ2) is 5.93. The van der Waals surface area contributed by atoms with Crippen LogP contribution in [-0.4, -0.2) is 25.3 Å². The van der Waals surface area contributed by atoms with Gasteiger partial charge in [0.1, 0.15) is 6.61 Å². The maximum atomic E-state index is 12.2. The normalized spacial score (nSPS) is 19.4. The number of benzene rings is 1. The smallest absolute Gasteiger partial charge is 0.316 e. The van der Waals surface area contributed by atoms with Crippen molar-refractivity contribution in [3.05, 3.63) is 34.9 Å². The number of carbonyl (C=O) groups is 1. The Labute approximate surface area is 118 Å². The van der Waals surface area contributed by atoms with Crippen LogP contribution in [0, 0.1) is 0 Å². The highest BCUT2D eigenvalue weighted by molar-refractivity contribution is 6.30. The topological polar surface area (TPSA) is 35.5 Å². The zero-order chi connectivity index (χ0) is 13.9. The van der Waals surface area contributed by atoms with E-state index in [0.29, 0.717) is 11.6 Å². The third kappa shape index (κ3) is 3.48. The first-order chi connectivity index (χ1) is 9.00. The molecule has 1 aromatic rings. The molecule has 1 atom stereocenters. The van der Waals surface area contributed by atoms with Crippen LogP contribution in [0.25, 0.3) is 0 Å². The van der Waals surface area contributed by atoms with Crippen LogP contribution in [-0.2, 0) is 19.7 Å². The molecule has 0 amide bonds. The van der Waals surface area contributed by atoms with Crippen molar-refractivity contribution in [1.82, 2.24) is 0 Å². The Bertz CT molecular complexity index is 450. The van der Waals surface area contributed by atoms with E-state index in [1.54, 1.807) is 12.1 Å². The lowest BCUT2D eigenvalue weighted by Crippen LogP contribution is -2.33. The number of hydrogen-bond acceptors (Lipinski definition) is 3. The van der Waals surface area contributed by atoms with Crippen LogP contribution in [0.5, 0.6) is 0 Å². The molecule has 0 aliphatic carbocycles. The molecule has 3 nitrogen and oxygen atoms in total. The lowest BCUT2D eigenvalue weighted by Gasteiger charge is -2.24. The molecule has 0 bridgehead atoms. The summed E-state index contributed by atoms with van der Waals surface area (Å²) in [6.07, 6.45) is 2.06. The van der Waals surface area contributed by atoms with E-state index in [2.05, 4.69) is 0 Å². The van der Waals surface area contributed by atoms with Gasteiger partial charge in [-0.2, -0.15) is 0 Å². The predicted octanol–water partition coefficient (Wildman–Crippen LogP) is 3.34. The number of hydrogen-bond donors (Lipinski definition) is 0. The van der Waals surface area contributed by atoms with Crippen LogP contribution in [0.2, 0.25) is 5.02 Å². The highest BCUT2D eigenvalue weighted by Crippen LogP contribution is 2.27. The van der Waals surface area contributed by atoms with E-state index in [0.717, 1.165) is 25.0 Å². The van der Waals surface area contributed by atoms with E-state index in [-0.39, 0.29) is 12.1 Å². The van der Waals surface area contributed by atoms with Crippen LogP contribution in [0.1, 0.15) is 32.3 Å².